The van der Waals surface area contributed by atoms with Crippen LogP contribution in [0.3, 0.4) is 0 Å². The molecule has 150 valence electrons. The van der Waals surface area contributed by atoms with Crippen LogP contribution in [-0.2, 0) is 4.79 Å². The third-order valence-corrected chi connectivity index (χ3v) is 5.23. The summed E-state index contributed by atoms with van der Waals surface area (Å²) in [5, 5.41) is 6.77. The molecular formula is C21H28N4O3. The highest BCUT2D eigenvalue weighted by Crippen LogP contribution is 2.27. The van der Waals surface area contributed by atoms with Gasteiger partial charge >= 0.3 is 0 Å². The van der Waals surface area contributed by atoms with Crippen molar-refractivity contribution in [1.29, 1.82) is 0 Å². The summed E-state index contributed by atoms with van der Waals surface area (Å²) in [5.74, 6) is 1.21. The molecule has 2 aromatic rings. The minimum absolute atomic E-state index is 0.00166. The van der Waals surface area contributed by atoms with Crippen molar-refractivity contribution < 1.29 is 14.1 Å². The van der Waals surface area contributed by atoms with Gasteiger partial charge in [-0.3, -0.25) is 9.59 Å². The monoisotopic (exact) mass is 384 g/mol. The molecule has 1 aromatic heterocycles. The van der Waals surface area contributed by atoms with Crippen molar-refractivity contribution in [3.63, 3.8) is 0 Å². The molecule has 3 rings (SSSR count). The van der Waals surface area contributed by atoms with Gasteiger partial charge in [0, 0.05) is 24.6 Å². The van der Waals surface area contributed by atoms with Gasteiger partial charge in [0.25, 0.3) is 5.91 Å². The van der Waals surface area contributed by atoms with Crippen molar-refractivity contribution in [3.8, 4) is 0 Å². The molecule has 2 heterocycles. The fourth-order valence-corrected chi connectivity index (χ4v) is 3.47. The van der Waals surface area contributed by atoms with Crippen molar-refractivity contribution in [3.05, 3.63) is 47.1 Å². The summed E-state index contributed by atoms with van der Waals surface area (Å²) in [6.07, 6.45) is 1.56. The Hall–Kier alpha value is -2.70. The number of rotatable bonds is 5. The SMILES string of the molecule is Cc1ccc(C(=O)N[C@H](C(=O)N2CCC(c3nc(C)no3)CC2)C(C)C)cc1. The topological polar surface area (TPSA) is 88.3 Å². The van der Waals surface area contributed by atoms with E-state index in [4.69, 9.17) is 4.52 Å². The van der Waals surface area contributed by atoms with E-state index < -0.39 is 6.04 Å². The maximum absolute atomic E-state index is 13.1. The van der Waals surface area contributed by atoms with Crippen molar-refractivity contribution in [2.75, 3.05) is 13.1 Å². The second kappa shape index (κ2) is 8.54. The first-order valence-corrected chi connectivity index (χ1v) is 9.81. The van der Waals surface area contributed by atoms with Crippen LogP contribution in [0.1, 0.15) is 60.2 Å². The third-order valence-electron chi connectivity index (χ3n) is 5.23. The van der Waals surface area contributed by atoms with Gasteiger partial charge in [-0.05, 0) is 44.7 Å². The molecule has 7 nitrogen and oxygen atoms in total. The standard InChI is InChI=1S/C21H28N4O3/c1-13(2)18(23-19(26)16-7-5-14(3)6-8-16)21(27)25-11-9-17(10-12-25)20-22-15(4)24-28-20/h5-8,13,17-18H,9-12H2,1-4H3,(H,23,26)/t18-/m0/s1. The van der Waals surface area contributed by atoms with Crippen LogP contribution in [0.25, 0.3) is 0 Å². The zero-order valence-corrected chi connectivity index (χ0v) is 16.9. The van der Waals surface area contributed by atoms with Crippen LogP contribution in [0.2, 0.25) is 0 Å². The summed E-state index contributed by atoms with van der Waals surface area (Å²) < 4.78 is 5.27. The highest BCUT2D eigenvalue weighted by Gasteiger charge is 2.33. The molecule has 1 fully saturated rings. The largest absolute Gasteiger partial charge is 0.341 e. The zero-order valence-electron chi connectivity index (χ0n) is 16.9. The van der Waals surface area contributed by atoms with Crippen molar-refractivity contribution >= 4 is 11.8 Å². The summed E-state index contributed by atoms with van der Waals surface area (Å²) in [6, 6.07) is 6.81. The van der Waals surface area contributed by atoms with Gasteiger partial charge in [0.2, 0.25) is 11.8 Å². The van der Waals surface area contributed by atoms with E-state index in [2.05, 4.69) is 15.5 Å². The Morgan fingerprint density at radius 2 is 1.79 bits per heavy atom. The molecule has 1 N–H and O–H groups in total. The number of aromatic nitrogens is 2. The number of nitrogens with one attached hydrogen (secondary N) is 1. The Bertz CT molecular complexity index is 820. The fourth-order valence-electron chi connectivity index (χ4n) is 3.47. The van der Waals surface area contributed by atoms with Gasteiger partial charge in [0.05, 0.1) is 0 Å². The van der Waals surface area contributed by atoms with Crippen LogP contribution in [0, 0.1) is 19.8 Å². The van der Waals surface area contributed by atoms with Gasteiger partial charge < -0.3 is 14.7 Å². The van der Waals surface area contributed by atoms with Crippen LogP contribution >= 0.6 is 0 Å². The predicted molar refractivity (Wildman–Crippen MR) is 105 cm³/mol. The molecule has 1 saturated heterocycles. The van der Waals surface area contributed by atoms with E-state index in [0.29, 0.717) is 30.4 Å². The Morgan fingerprint density at radius 3 is 2.32 bits per heavy atom. The molecule has 2 amide bonds. The first-order valence-electron chi connectivity index (χ1n) is 9.81. The smallest absolute Gasteiger partial charge is 0.251 e. The Morgan fingerprint density at radius 1 is 1.14 bits per heavy atom. The molecule has 1 aromatic carbocycles. The number of carbonyl (C=O) groups excluding carboxylic acids is 2. The summed E-state index contributed by atoms with van der Waals surface area (Å²) in [6.45, 7) is 8.91. The van der Waals surface area contributed by atoms with Crippen LogP contribution < -0.4 is 5.32 Å². The molecule has 0 unspecified atom stereocenters. The van der Waals surface area contributed by atoms with E-state index >= 15 is 0 Å². The molecule has 0 spiro atoms. The highest BCUT2D eigenvalue weighted by atomic mass is 16.5. The first kappa shape index (κ1) is 20.0. The number of amides is 2. The molecule has 0 aliphatic carbocycles. The first-order chi connectivity index (χ1) is 13.3. The molecule has 1 aliphatic heterocycles. The zero-order chi connectivity index (χ0) is 20.3. The van der Waals surface area contributed by atoms with Gasteiger partial charge in [-0.2, -0.15) is 4.98 Å². The van der Waals surface area contributed by atoms with Crippen molar-refractivity contribution in [2.24, 2.45) is 5.92 Å². The van der Waals surface area contributed by atoms with Gasteiger partial charge in [0.1, 0.15) is 6.04 Å². The minimum Gasteiger partial charge on any atom is -0.341 e. The van der Waals surface area contributed by atoms with E-state index in [0.717, 1.165) is 18.4 Å². The summed E-state index contributed by atoms with van der Waals surface area (Å²) in [7, 11) is 0. The van der Waals surface area contributed by atoms with Crippen molar-refractivity contribution in [1.82, 2.24) is 20.4 Å². The van der Waals surface area contributed by atoms with E-state index in [-0.39, 0.29) is 23.7 Å². The Kier molecular flexibility index (Phi) is 6.11. The lowest BCUT2D eigenvalue weighted by Gasteiger charge is -2.34. The molecule has 7 heteroatoms. The lowest BCUT2D eigenvalue weighted by molar-refractivity contribution is -0.135. The third kappa shape index (κ3) is 4.58. The summed E-state index contributed by atoms with van der Waals surface area (Å²) in [5.41, 5.74) is 1.65. The normalized spacial score (nSPS) is 16.2. The number of carbonyl (C=O) groups is 2. The summed E-state index contributed by atoms with van der Waals surface area (Å²) >= 11 is 0. The molecule has 1 atom stereocenters. The fraction of sp³-hybridized carbons (Fsp3) is 0.524. The number of hydrogen-bond donors (Lipinski definition) is 1. The molecule has 1 aliphatic rings. The number of piperidine rings is 1. The lowest BCUT2D eigenvalue weighted by Crippen LogP contribution is -2.52. The van der Waals surface area contributed by atoms with E-state index in [9.17, 15) is 9.59 Å². The average Bonchev–Trinajstić information content (AvgIpc) is 3.12. The van der Waals surface area contributed by atoms with E-state index in [1.807, 2.05) is 37.8 Å². The van der Waals surface area contributed by atoms with Gasteiger partial charge in [0.15, 0.2) is 5.82 Å². The molecule has 28 heavy (non-hydrogen) atoms. The van der Waals surface area contributed by atoms with Gasteiger partial charge in [-0.25, -0.2) is 0 Å². The average molecular weight is 384 g/mol. The van der Waals surface area contributed by atoms with E-state index in [1.165, 1.54) is 0 Å². The Labute approximate surface area is 165 Å². The van der Waals surface area contributed by atoms with Crippen LogP contribution in [-0.4, -0.2) is 46.0 Å². The molecular weight excluding hydrogens is 356 g/mol. The van der Waals surface area contributed by atoms with Gasteiger partial charge in [-0.15, -0.1) is 0 Å². The highest BCUT2D eigenvalue weighted by molar-refractivity contribution is 5.97. The quantitative estimate of drug-likeness (QED) is 0.856. The molecule has 0 radical (unpaired) electrons. The van der Waals surface area contributed by atoms with Crippen LogP contribution in [0.15, 0.2) is 28.8 Å². The van der Waals surface area contributed by atoms with E-state index in [1.54, 1.807) is 19.1 Å². The Balaban J connectivity index is 1.61. The van der Waals surface area contributed by atoms with Gasteiger partial charge in [-0.1, -0.05) is 36.7 Å². The number of benzene rings is 1. The second-order valence-electron chi connectivity index (χ2n) is 7.84. The number of aryl methyl sites for hydroxylation is 2. The lowest BCUT2D eigenvalue weighted by atomic mass is 9.94. The molecule has 0 saturated carbocycles. The maximum atomic E-state index is 13.1. The minimum atomic E-state index is -0.545. The summed E-state index contributed by atoms with van der Waals surface area (Å²) in [4.78, 5) is 31.8. The number of nitrogens with zero attached hydrogens (tertiary/aromatic N) is 3. The second-order valence-corrected chi connectivity index (χ2v) is 7.84. The number of hydrogen-bond acceptors (Lipinski definition) is 5. The maximum Gasteiger partial charge on any atom is 0.251 e. The van der Waals surface area contributed by atoms with Crippen LogP contribution in [0.5, 0.6) is 0 Å². The predicted octanol–water partition coefficient (Wildman–Crippen LogP) is 2.85. The number of likely N-dealkylation sites (tertiary alicyclic amines) is 1. The molecule has 0 bridgehead atoms. The van der Waals surface area contributed by atoms with Crippen LogP contribution in [0.4, 0.5) is 0 Å². The van der Waals surface area contributed by atoms with Crippen molar-refractivity contribution in [2.45, 2.75) is 52.5 Å².